The number of amides is 1. The van der Waals surface area contributed by atoms with Crippen LogP contribution in [0.25, 0.3) is 21.8 Å². The van der Waals surface area contributed by atoms with Crippen LogP contribution in [0.4, 0.5) is 0 Å². The third-order valence-electron chi connectivity index (χ3n) is 5.69. The molecule has 0 bridgehead atoms. The zero-order chi connectivity index (χ0) is 19.1. The molecule has 140 valence electrons. The molecule has 0 saturated carbocycles. The Bertz CT molecular complexity index is 1210. The number of aryl methyl sites for hydroxylation is 1. The van der Waals surface area contributed by atoms with Crippen LogP contribution in [0.3, 0.4) is 0 Å². The van der Waals surface area contributed by atoms with Gasteiger partial charge in [-0.15, -0.1) is 0 Å². The Hall–Kier alpha value is -3.34. The Morgan fingerprint density at radius 2 is 2.07 bits per heavy atom. The van der Waals surface area contributed by atoms with Crippen LogP contribution in [0.2, 0.25) is 0 Å². The van der Waals surface area contributed by atoms with Gasteiger partial charge in [0.15, 0.2) is 0 Å². The average molecular weight is 370 g/mol. The van der Waals surface area contributed by atoms with Gasteiger partial charge in [0.2, 0.25) is 0 Å². The van der Waals surface area contributed by atoms with Gasteiger partial charge in [0, 0.05) is 44.8 Å². The first-order chi connectivity index (χ1) is 13.7. The second-order valence-electron chi connectivity index (χ2n) is 7.68. The van der Waals surface area contributed by atoms with E-state index in [9.17, 15) is 4.79 Å². The van der Waals surface area contributed by atoms with Crippen molar-refractivity contribution in [3.05, 3.63) is 71.0 Å². The molecule has 5 nitrogen and oxygen atoms in total. The maximum atomic E-state index is 12.6. The molecule has 2 heterocycles. The Balaban J connectivity index is 1.38. The van der Waals surface area contributed by atoms with Crippen molar-refractivity contribution < 1.29 is 4.79 Å². The van der Waals surface area contributed by atoms with Crippen LogP contribution < -0.4 is 5.43 Å². The number of rotatable bonds is 3. The van der Waals surface area contributed by atoms with Crippen LogP contribution >= 0.6 is 0 Å². The number of hydrogen-bond acceptors (Lipinski definition) is 2. The smallest absolute Gasteiger partial charge is 0.271 e. The summed E-state index contributed by atoms with van der Waals surface area (Å²) in [5, 5.41) is 6.40. The molecule has 1 unspecified atom stereocenters. The highest BCUT2D eigenvalue weighted by Crippen LogP contribution is 2.32. The molecule has 0 aliphatic heterocycles. The SMILES string of the molecule is CC1CCc2[nH]c3ccc(C(=O)N/N=C\c4c[nH]c5ccccc45)cc3c2C1. The van der Waals surface area contributed by atoms with Gasteiger partial charge in [-0.2, -0.15) is 5.10 Å². The van der Waals surface area contributed by atoms with Crippen LogP contribution in [-0.2, 0) is 12.8 Å². The Morgan fingerprint density at radius 3 is 3.00 bits per heavy atom. The number of fused-ring (bicyclic) bond motifs is 4. The van der Waals surface area contributed by atoms with E-state index >= 15 is 0 Å². The molecule has 3 N–H and O–H groups in total. The van der Waals surface area contributed by atoms with E-state index in [-0.39, 0.29) is 5.91 Å². The fraction of sp³-hybridized carbons (Fsp3) is 0.217. The lowest BCUT2D eigenvalue weighted by Crippen LogP contribution is -2.17. The predicted octanol–water partition coefficient (Wildman–Crippen LogP) is 4.54. The molecule has 1 aliphatic carbocycles. The molecule has 1 amide bonds. The topological polar surface area (TPSA) is 73.0 Å². The second kappa shape index (κ2) is 6.68. The maximum Gasteiger partial charge on any atom is 0.271 e. The summed E-state index contributed by atoms with van der Waals surface area (Å²) in [6.07, 6.45) is 6.94. The Kier molecular flexibility index (Phi) is 4.01. The van der Waals surface area contributed by atoms with Crippen LogP contribution in [0.5, 0.6) is 0 Å². The fourth-order valence-electron chi connectivity index (χ4n) is 4.16. The molecule has 0 fully saturated rings. The normalized spacial score (nSPS) is 16.7. The van der Waals surface area contributed by atoms with Crippen LogP contribution in [0.15, 0.2) is 53.8 Å². The van der Waals surface area contributed by atoms with E-state index in [1.807, 2.05) is 48.7 Å². The van der Waals surface area contributed by atoms with Gasteiger partial charge in [0.1, 0.15) is 0 Å². The molecular weight excluding hydrogens is 348 g/mol. The lowest BCUT2D eigenvalue weighted by molar-refractivity contribution is 0.0955. The van der Waals surface area contributed by atoms with Gasteiger partial charge in [-0.3, -0.25) is 4.79 Å². The first kappa shape index (κ1) is 16.8. The largest absolute Gasteiger partial charge is 0.361 e. The van der Waals surface area contributed by atoms with Crippen LogP contribution in [0.1, 0.15) is 40.5 Å². The van der Waals surface area contributed by atoms with Crippen molar-refractivity contribution in [1.82, 2.24) is 15.4 Å². The van der Waals surface area contributed by atoms with Gasteiger partial charge in [0.05, 0.1) is 6.21 Å². The van der Waals surface area contributed by atoms with Crippen molar-refractivity contribution in [3.8, 4) is 0 Å². The number of nitrogens with one attached hydrogen (secondary N) is 3. The Labute approximate surface area is 162 Å². The van der Waals surface area contributed by atoms with E-state index in [2.05, 4.69) is 27.4 Å². The number of aromatic amines is 2. The summed E-state index contributed by atoms with van der Waals surface area (Å²) in [6.45, 7) is 2.29. The zero-order valence-electron chi connectivity index (χ0n) is 15.8. The molecule has 1 aliphatic rings. The van der Waals surface area contributed by atoms with Gasteiger partial charge in [0.25, 0.3) is 5.91 Å². The third kappa shape index (κ3) is 2.89. The molecule has 4 aromatic rings. The summed E-state index contributed by atoms with van der Waals surface area (Å²) < 4.78 is 0. The number of benzene rings is 2. The van der Waals surface area contributed by atoms with Gasteiger partial charge in [-0.25, -0.2) is 5.43 Å². The number of carbonyl (C=O) groups excluding carboxylic acids is 1. The van der Waals surface area contributed by atoms with E-state index in [0.29, 0.717) is 11.5 Å². The van der Waals surface area contributed by atoms with Gasteiger partial charge in [-0.05, 0) is 55.0 Å². The number of para-hydroxylation sites is 1. The van der Waals surface area contributed by atoms with Gasteiger partial charge in [-0.1, -0.05) is 25.1 Å². The molecule has 28 heavy (non-hydrogen) atoms. The number of hydrogen-bond donors (Lipinski definition) is 3. The molecule has 2 aromatic heterocycles. The summed E-state index contributed by atoms with van der Waals surface area (Å²) in [7, 11) is 0. The zero-order valence-corrected chi connectivity index (χ0v) is 15.8. The number of nitrogens with zero attached hydrogens (tertiary/aromatic N) is 1. The molecule has 0 saturated heterocycles. The van der Waals surface area contributed by atoms with Crippen LogP contribution in [0, 0.1) is 5.92 Å². The molecule has 5 rings (SSSR count). The molecular formula is C23H22N4O. The first-order valence-corrected chi connectivity index (χ1v) is 9.72. The van der Waals surface area contributed by atoms with E-state index in [1.165, 1.54) is 17.7 Å². The maximum absolute atomic E-state index is 12.6. The number of aromatic nitrogens is 2. The van der Waals surface area contributed by atoms with Crippen molar-refractivity contribution in [1.29, 1.82) is 0 Å². The summed E-state index contributed by atoms with van der Waals surface area (Å²) in [6, 6.07) is 13.8. The summed E-state index contributed by atoms with van der Waals surface area (Å²) >= 11 is 0. The van der Waals surface area contributed by atoms with Crippen molar-refractivity contribution >= 4 is 33.9 Å². The average Bonchev–Trinajstić information content (AvgIpc) is 3.29. The molecule has 0 spiro atoms. The fourth-order valence-corrected chi connectivity index (χ4v) is 4.16. The molecule has 5 heteroatoms. The highest BCUT2D eigenvalue weighted by Gasteiger charge is 2.20. The highest BCUT2D eigenvalue weighted by atomic mass is 16.2. The molecule has 2 aromatic carbocycles. The lowest BCUT2D eigenvalue weighted by atomic mass is 9.87. The summed E-state index contributed by atoms with van der Waals surface area (Å²) in [5.74, 6) is 0.488. The minimum Gasteiger partial charge on any atom is -0.361 e. The number of carbonyl (C=O) groups is 1. The molecule has 0 radical (unpaired) electrons. The van der Waals surface area contributed by atoms with Gasteiger partial charge >= 0.3 is 0 Å². The second-order valence-corrected chi connectivity index (χ2v) is 7.68. The van der Waals surface area contributed by atoms with Crippen molar-refractivity contribution in [2.24, 2.45) is 11.0 Å². The Morgan fingerprint density at radius 1 is 1.18 bits per heavy atom. The minimum absolute atomic E-state index is 0.197. The third-order valence-corrected chi connectivity index (χ3v) is 5.69. The summed E-state index contributed by atoms with van der Waals surface area (Å²) in [5.41, 5.74) is 9.07. The first-order valence-electron chi connectivity index (χ1n) is 9.72. The standard InChI is InChI=1S/C23H22N4O/c1-14-6-8-21-18(10-14)19-11-15(7-9-22(19)26-21)23(28)27-25-13-16-12-24-20-5-3-2-4-17(16)20/h2-5,7,9,11-14,24,26H,6,8,10H2,1H3,(H,27,28)/b25-13-. The molecule has 1 atom stereocenters. The van der Waals surface area contributed by atoms with Crippen molar-refractivity contribution in [3.63, 3.8) is 0 Å². The quantitative estimate of drug-likeness (QED) is 0.360. The van der Waals surface area contributed by atoms with Crippen molar-refractivity contribution in [2.45, 2.75) is 26.2 Å². The highest BCUT2D eigenvalue weighted by molar-refractivity contribution is 6.01. The minimum atomic E-state index is -0.197. The van der Waals surface area contributed by atoms with E-state index < -0.39 is 0 Å². The number of hydrazone groups is 1. The number of H-pyrrole nitrogens is 2. The predicted molar refractivity (Wildman–Crippen MR) is 113 cm³/mol. The lowest BCUT2D eigenvalue weighted by Gasteiger charge is -2.18. The van der Waals surface area contributed by atoms with Crippen molar-refractivity contribution in [2.75, 3.05) is 0 Å². The van der Waals surface area contributed by atoms with Gasteiger partial charge < -0.3 is 9.97 Å². The van der Waals surface area contributed by atoms with E-state index in [1.54, 1.807) is 6.21 Å². The van der Waals surface area contributed by atoms with E-state index in [0.717, 1.165) is 40.2 Å². The van der Waals surface area contributed by atoms with Crippen LogP contribution in [-0.4, -0.2) is 22.1 Å². The van der Waals surface area contributed by atoms with E-state index in [4.69, 9.17) is 0 Å². The monoisotopic (exact) mass is 370 g/mol. The summed E-state index contributed by atoms with van der Waals surface area (Å²) in [4.78, 5) is 19.3.